The molecule has 0 unspecified atom stereocenters. The summed E-state index contributed by atoms with van der Waals surface area (Å²) in [6.45, 7) is 0. The van der Waals surface area contributed by atoms with Crippen molar-refractivity contribution in [2.45, 2.75) is 5.41 Å². The summed E-state index contributed by atoms with van der Waals surface area (Å²) in [4.78, 5) is 16.1. The van der Waals surface area contributed by atoms with Gasteiger partial charge in [-0.05, 0) is 99.1 Å². The van der Waals surface area contributed by atoms with Gasteiger partial charge in [-0.3, -0.25) is 4.57 Å². The molecule has 4 heterocycles. The molecule has 2 aliphatic rings. The summed E-state index contributed by atoms with van der Waals surface area (Å²) >= 11 is 1.78. The predicted octanol–water partition coefficient (Wildman–Crippen LogP) is 16.5. The molecule has 0 atom stereocenters. The van der Waals surface area contributed by atoms with Gasteiger partial charge in [0, 0.05) is 53.2 Å². The molecule has 1 spiro atoms. The zero-order chi connectivity index (χ0) is 45.9. The Hall–Kier alpha value is -8.97. The average molecular weight is 911 g/mol. The fraction of sp³-hybridized carbons (Fsp3) is 0.0156. The summed E-state index contributed by atoms with van der Waals surface area (Å²) in [5.41, 5.74) is 14.8. The van der Waals surface area contributed by atoms with Gasteiger partial charge in [0.2, 0.25) is 5.95 Å². The first-order chi connectivity index (χ1) is 34.7. The van der Waals surface area contributed by atoms with E-state index < -0.39 is 5.41 Å². The van der Waals surface area contributed by atoms with E-state index in [0.29, 0.717) is 17.6 Å². The SMILES string of the molecule is c1ccc(-c2ccc3c(c2)C2(c4cc(-c5ccccc5)ccc4O3)c3ccccc3-c3cc4c(cc32)c2ccccc2n4-c2nc(-c3ccccc3)nc(-c3cccc4c3sc3ccccc34)n2)cc1. The van der Waals surface area contributed by atoms with Crippen LogP contribution in [0.2, 0.25) is 0 Å². The van der Waals surface area contributed by atoms with Crippen LogP contribution in [0.25, 0.3) is 104 Å². The van der Waals surface area contributed by atoms with Crippen molar-refractivity contribution in [2.75, 3.05) is 0 Å². The van der Waals surface area contributed by atoms with Crippen molar-refractivity contribution in [3.05, 3.63) is 253 Å². The molecule has 5 nitrogen and oxygen atoms in total. The second kappa shape index (κ2) is 15.0. The second-order valence-corrected chi connectivity index (χ2v) is 19.3. The van der Waals surface area contributed by atoms with Crippen LogP contribution in [0.1, 0.15) is 22.3 Å². The number of rotatable bonds is 5. The normalized spacial score (nSPS) is 13.1. The molecular weight excluding hydrogens is 873 g/mol. The van der Waals surface area contributed by atoms with Gasteiger partial charge in [-0.1, -0.05) is 176 Å². The standard InChI is InChI=1S/C64H38N4OS/c1-4-17-39(18-5-1)42-31-33-57-53(35-42)64(54-36-43(32-34-58(54)69-57)40-19-6-2-7-20-40)51-28-13-10-23-44(51)49-38-56-50(37-52(49)64)45-24-11-14-29-55(45)68(56)63-66-61(41-21-8-3-9-22-41)65-62(67-63)48-27-16-26-47-46-25-12-15-30-59(46)70-60(47)48/h1-38H. The van der Waals surface area contributed by atoms with Crippen LogP contribution in [0.3, 0.4) is 0 Å². The van der Waals surface area contributed by atoms with Crippen LogP contribution in [-0.4, -0.2) is 19.5 Å². The molecule has 0 N–H and O–H groups in total. The number of thiophene rings is 1. The van der Waals surface area contributed by atoms with E-state index in [-0.39, 0.29) is 0 Å². The number of nitrogens with zero attached hydrogens (tertiary/aromatic N) is 4. The monoisotopic (exact) mass is 910 g/mol. The van der Waals surface area contributed by atoms with Gasteiger partial charge in [0.15, 0.2) is 11.6 Å². The fourth-order valence-corrected chi connectivity index (χ4v) is 12.7. The van der Waals surface area contributed by atoms with Gasteiger partial charge in [-0.25, -0.2) is 4.98 Å². The van der Waals surface area contributed by atoms with E-state index in [2.05, 4.69) is 217 Å². The van der Waals surface area contributed by atoms with Gasteiger partial charge in [-0.15, -0.1) is 11.3 Å². The Morgan fingerprint density at radius 2 is 0.943 bits per heavy atom. The molecule has 1 aliphatic carbocycles. The number of benzene rings is 10. The van der Waals surface area contributed by atoms with Crippen molar-refractivity contribution in [3.8, 4) is 73.6 Å². The minimum atomic E-state index is -0.731. The van der Waals surface area contributed by atoms with Crippen LogP contribution < -0.4 is 4.74 Å². The molecular formula is C64H38N4OS. The maximum absolute atomic E-state index is 7.01. The quantitative estimate of drug-likeness (QED) is 0.173. The molecule has 0 fully saturated rings. The smallest absolute Gasteiger partial charge is 0.238 e. The number of hydrogen-bond acceptors (Lipinski definition) is 5. The molecule has 0 saturated carbocycles. The highest BCUT2D eigenvalue weighted by Crippen LogP contribution is 2.63. The molecule has 0 radical (unpaired) electrons. The molecule has 0 bridgehead atoms. The van der Waals surface area contributed by atoms with Crippen molar-refractivity contribution in [1.29, 1.82) is 0 Å². The maximum atomic E-state index is 7.01. The topological polar surface area (TPSA) is 52.8 Å². The van der Waals surface area contributed by atoms with Crippen molar-refractivity contribution in [1.82, 2.24) is 19.5 Å². The Kier molecular flexibility index (Phi) is 8.38. The third-order valence-electron chi connectivity index (χ3n) is 14.5. The van der Waals surface area contributed by atoms with E-state index in [1.165, 1.54) is 32.2 Å². The summed E-state index contributed by atoms with van der Waals surface area (Å²) in [5.74, 6) is 3.52. The Bertz CT molecular complexity index is 4180. The summed E-state index contributed by atoms with van der Waals surface area (Å²) < 4.78 is 11.7. The van der Waals surface area contributed by atoms with Gasteiger partial charge in [0.1, 0.15) is 11.5 Å². The van der Waals surface area contributed by atoms with Gasteiger partial charge >= 0.3 is 0 Å². The minimum Gasteiger partial charge on any atom is -0.457 e. The highest BCUT2D eigenvalue weighted by molar-refractivity contribution is 7.26. The first-order valence-corrected chi connectivity index (χ1v) is 24.5. The third-order valence-corrected chi connectivity index (χ3v) is 15.8. The summed E-state index contributed by atoms with van der Waals surface area (Å²) in [5, 5.41) is 4.66. The minimum absolute atomic E-state index is 0.566. The van der Waals surface area contributed by atoms with Crippen molar-refractivity contribution >= 4 is 53.3 Å². The van der Waals surface area contributed by atoms with Crippen LogP contribution in [0.15, 0.2) is 231 Å². The van der Waals surface area contributed by atoms with Crippen molar-refractivity contribution in [2.24, 2.45) is 0 Å². The van der Waals surface area contributed by atoms with Crippen LogP contribution in [-0.2, 0) is 5.41 Å². The van der Waals surface area contributed by atoms with Crippen molar-refractivity contribution in [3.63, 3.8) is 0 Å². The number of fused-ring (bicyclic) bond motifs is 15. The van der Waals surface area contributed by atoms with E-state index in [1.54, 1.807) is 11.3 Å². The van der Waals surface area contributed by atoms with Gasteiger partial charge < -0.3 is 4.74 Å². The predicted molar refractivity (Wildman–Crippen MR) is 286 cm³/mol. The lowest BCUT2D eigenvalue weighted by molar-refractivity contribution is 0.436. The highest BCUT2D eigenvalue weighted by Gasteiger charge is 2.52. The molecule has 70 heavy (non-hydrogen) atoms. The number of aromatic nitrogens is 4. The molecule has 1 aliphatic heterocycles. The van der Waals surface area contributed by atoms with E-state index in [4.69, 9.17) is 19.7 Å². The molecule has 13 aromatic rings. The number of ether oxygens (including phenoxy) is 1. The zero-order valence-corrected chi connectivity index (χ0v) is 38.4. The maximum Gasteiger partial charge on any atom is 0.238 e. The fourth-order valence-electron chi connectivity index (χ4n) is 11.5. The molecule has 15 rings (SSSR count). The number of para-hydroxylation sites is 1. The molecule has 10 aromatic carbocycles. The average Bonchev–Trinajstić information content (AvgIpc) is 4.07. The van der Waals surface area contributed by atoms with Crippen LogP contribution >= 0.6 is 11.3 Å². The van der Waals surface area contributed by atoms with E-state index in [0.717, 1.165) is 88.1 Å². The summed E-state index contributed by atoms with van der Waals surface area (Å²) in [6.07, 6.45) is 0. The lowest BCUT2D eigenvalue weighted by atomic mass is 9.65. The molecule has 6 heteroatoms. The zero-order valence-electron chi connectivity index (χ0n) is 37.5. The molecule has 0 saturated heterocycles. The first kappa shape index (κ1) is 39.1. The van der Waals surface area contributed by atoms with E-state index in [9.17, 15) is 0 Å². The Balaban J connectivity index is 1.03. The van der Waals surface area contributed by atoms with Gasteiger partial charge in [0.05, 0.1) is 16.4 Å². The largest absolute Gasteiger partial charge is 0.457 e. The Morgan fingerprint density at radius 1 is 0.357 bits per heavy atom. The first-order valence-electron chi connectivity index (χ1n) is 23.7. The number of hydrogen-bond donors (Lipinski definition) is 0. The van der Waals surface area contributed by atoms with Gasteiger partial charge in [-0.2, -0.15) is 9.97 Å². The summed E-state index contributed by atoms with van der Waals surface area (Å²) in [6, 6.07) is 82.7. The lowest BCUT2D eigenvalue weighted by Gasteiger charge is -2.40. The third kappa shape index (κ3) is 5.62. The highest BCUT2D eigenvalue weighted by atomic mass is 32.1. The Labute approximate surface area is 407 Å². The van der Waals surface area contributed by atoms with Crippen LogP contribution in [0.5, 0.6) is 11.5 Å². The Morgan fingerprint density at radius 3 is 1.67 bits per heavy atom. The van der Waals surface area contributed by atoms with Gasteiger partial charge in [0.25, 0.3) is 0 Å². The second-order valence-electron chi connectivity index (χ2n) is 18.2. The van der Waals surface area contributed by atoms with Crippen molar-refractivity contribution < 1.29 is 4.74 Å². The van der Waals surface area contributed by atoms with E-state index >= 15 is 0 Å². The van der Waals surface area contributed by atoms with E-state index in [1.807, 2.05) is 18.2 Å². The summed E-state index contributed by atoms with van der Waals surface area (Å²) in [7, 11) is 0. The molecule has 0 amide bonds. The van der Waals surface area contributed by atoms with Crippen LogP contribution in [0.4, 0.5) is 0 Å². The van der Waals surface area contributed by atoms with Crippen LogP contribution in [0, 0.1) is 0 Å². The molecule has 326 valence electrons. The lowest BCUT2D eigenvalue weighted by Crippen LogP contribution is -2.32. The molecule has 3 aromatic heterocycles.